The van der Waals surface area contributed by atoms with Crippen molar-refractivity contribution >= 4 is 23.2 Å². The zero-order valence-electron chi connectivity index (χ0n) is 12.0. The van der Waals surface area contributed by atoms with E-state index in [1.54, 1.807) is 0 Å². The van der Waals surface area contributed by atoms with Crippen LogP contribution in [0.2, 0.25) is 0 Å². The fourth-order valence-corrected chi connectivity index (χ4v) is 3.60. The van der Waals surface area contributed by atoms with Crippen molar-refractivity contribution in [3.63, 3.8) is 0 Å². The molecular weight excluding hydrogens is 290 g/mol. The normalized spacial score (nSPS) is 23.5. The number of carboxylic acid groups (broad SMARTS) is 1. The van der Waals surface area contributed by atoms with Crippen LogP contribution < -0.4 is 11.1 Å². The summed E-state index contributed by atoms with van der Waals surface area (Å²) < 4.78 is 0. The van der Waals surface area contributed by atoms with Crippen LogP contribution >= 0.6 is 11.3 Å². The quantitative estimate of drug-likeness (QED) is 0.768. The molecule has 1 fully saturated rings. The molecule has 0 aromatic carbocycles. The maximum absolute atomic E-state index is 12.4. The molecule has 1 saturated carbocycles. The molecule has 1 heterocycles. The van der Waals surface area contributed by atoms with Crippen LogP contribution in [0.4, 0.5) is 0 Å². The summed E-state index contributed by atoms with van der Waals surface area (Å²) in [4.78, 5) is 27.2. The molecule has 1 aromatic rings. The average molecular weight is 311 g/mol. The van der Waals surface area contributed by atoms with E-state index in [2.05, 4.69) is 10.3 Å². The lowest BCUT2D eigenvalue weighted by Gasteiger charge is -2.30. The number of nitrogens with two attached hydrogens (primary N) is 1. The van der Waals surface area contributed by atoms with Crippen molar-refractivity contribution in [1.82, 2.24) is 10.3 Å². The van der Waals surface area contributed by atoms with Gasteiger partial charge in [-0.2, -0.15) is 0 Å². The SMILES string of the molecule is CC(NC(=O)C1CCCCC1CN)c1nc(C(=O)O)cs1. The Balaban J connectivity index is 1.98. The van der Waals surface area contributed by atoms with Gasteiger partial charge in [-0.05, 0) is 32.2 Å². The molecule has 0 spiro atoms. The number of aromatic nitrogens is 1. The Bertz CT molecular complexity index is 517. The lowest BCUT2D eigenvalue weighted by atomic mass is 9.78. The number of aromatic carboxylic acids is 1. The molecule has 6 nitrogen and oxygen atoms in total. The summed E-state index contributed by atoms with van der Waals surface area (Å²) in [6.45, 7) is 2.36. The lowest BCUT2D eigenvalue weighted by molar-refractivity contribution is -0.128. The first-order valence-corrected chi connectivity index (χ1v) is 8.10. The van der Waals surface area contributed by atoms with E-state index in [0.29, 0.717) is 11.6 Å². The van der Waals surface area contributed by atoms with E-state index in [0.717, 1.165) is 25.7 Å². The fourth-order valence-electron chi connectivity index (χ4n) is 2.80. The van der Waals surface area contributed by atoms with Crippen molar-refractivity contribution in [3.8, 4) is 0 Å². The van der Waals surface area contributed by atoms with Crippen LogP contribution in [0.15, 0.2) is 5.38 Å². The molecule has 0 aliphatic heterocycles. The molecular formula is C14H21N3O3S. The van der Waals surface area contributed by atoms with Gasteiger partial charge in [0, 0.05) is 11.3 Å². The lowest BCUT2D eigenvalue weighted by Crippen LogP contribution is -2.40. The summed E-state index contributed by atoms with van der Waals surface area (Å²) in [5.74, 6) is -0.835. The van der Waals surface area contributed by atoms with Gasteiger partial charge in [0.2, 0.25) is 5.91 Å². The van der Waals surface area contributed by atoms with Gasteiger partial charge in [0.1, 0.15) is 5.01 Å². The van der Waals surface area contributed by atoms with Crippen LogP contribution in [0, 0.1) is 11.8 Å². The number of rotatable bonds is 5. The molecule has 3 unspecified atom stereocenters. The molecule has 7 heteroatoms. The molecule has 0 bridgehead atoms. The maximum Gasteiger partial charge on any atom is 0.355 e. The van der Waals surface area contributed by atoms with E-state index in [4.69, 9.17) is 10.8 Å². The number of thiazole rings is 1. The number of hydrogen-bond acceptors (Lipinski definition) is 5. The molecule has 1 aliphatic rings. The van der Waals surface area contributed by atoms with Gasteiger partial charge in [-0.15, -0.1) is 11.3 Å². The van der Waals surface area contributed by atoms with Crippen molar-refractivity contribution in [1.29, 1.82) is 0 Å². The third kappa shape index (κ3) is 3.79. The highest BCUT2D eigenvalue weighted by Gasteiger charge is 2.31. The summed E-state index contributed by atoms with van der Waals surface area (Å²) in [7, 11) is 0. The summed E-state index contributed by atoms with van der Waals surface area (Å²) >= 11 is 1.25. The highest BCUT2D eigenvalue weighted by atomic mass is 32.1. The van der Waals surface area contributed by atoms with Crippen LogP contribution in [0.1, 0.15) is 54.1 Å². The number of hydrogen-bond donors (Lipinski definition) is 3. The summed E-state index contributed by atoms with van der Waals surface area (Å²) in [5.41, 5.74) is 5.78. The van der Waals surface area contributed by atoms with Gasteiger partial charge in [-0.25, -0.2) is 9.78 Å². The predicted molar refractivity (Wildman–Crippen MR) is 80.1 cm³/mol. The fraction of sp³-hybridized carbons (Fsp3) is 0.643. The summed E-state index contributed by atoms with van der Waals surface area (Å²) in [5, 5.41) is 13.9. The van der Waals surface area contributed by atoms with Crippen LogP contribution in [0.5, 0.6) is 0 Å². The molecule has 116 valence electrons. The molecule has 0 saturated heterocycles. The predicted octanol–water partition coefficient (Wildman–Crippen LogP) is 1.78. The van der Waals surface area contributed by atoms with E-state index in [-0.39, 0.29) is 29.5 Å². The first kappa shape index (κ1) is 15.9. The third-order valence-corrected chi connectivity index (χ3v) is 5.05. The minimum absolute atomic E-state index is 0.00438. The van der Waals surface area contributed by atoms with Gasteiger partial charge < -0.3 is 16.2 Å². The number of carbonyl (C=O) groups is 2. The second-order valence-electron chi connectivity index (χ2n) is 5.49. The largest absolute Gasteiger partial charge is 0.476 e. The van der Waals surface area contributed by atoms with E-state index < -0.39 is 5.97 Å². The second-order valence-corrected chi connectivity index (χ2v) is 6.38. The Morgan fingerprint density at radius 2 is 2.24 bits per heavy atom. The van der Waals surface area contributed by atoms with Gasteiger partial charge in [0.05, 0.1) is 6.04 Å². The highest BCUT2D eigenvalue weighted by molar-refractivity contribution is 7.09. The van der Waals surface area contributed by atoms with E-state index >= 15 is 0 Å². The molecule has 21 heavy (non-hydrogen) atoms. The topological polar surface area (TPSA) is 105 Å². The smallest absolute Gasteiger partial charge is 0.355 e. The minimum atomic E-state index is -1.05. The van der Waals surface area contributed by atoms with Crippen molar-refractivity contribution in [2.75, 3.05) is 6.54 Å². The zero-order chi connectivity index (χ0) is 15.4. The standard InChI is InChI=1S/C14H21N3O3S/c1-8(13-17-11(7-21-13)14(19)20)16-12(18)10-5-3-2-4-9(10)6-15/h7-10H,2-6,15H2,1H3,(H,16,18)(H,19,20). The van der Waals surface area contributed by atoms with Crippen molar-refractivity contribution in [3.05, 3.63) is 16.1 Å². The average Bonchev–Trinajstić information content (AvgIpc) is 2.97. The zero-order valence-corrected chi connectivity index (χ0v) is 12.9. The molecule has 3 atom stereocenters. The molecule has 0 radical (unpaired) electrons. The molecule has 4 N–H and O–H groups in total. The Labute approximate surface area is 127 Å². The van der Waals surface area contributed by atoms with Gasteiger partial charge >= 0.3 is 5.97 Å². The Hall–Kier alpha value is -1.47. The number of amides is 1. The highest BCUT2D eigenvalue weighted by Crippen LogP contribution is 2.30. The van der Waals surface area contributed by atoms with Crippen LogP contribution in [-0.4, -0.2) is 28.5 Å². The van der Waals surface area contributed by atoms with Crippen LogP contribution in [0.25, 0.3) is 0 Å². The van der Waals surface area contributed by atoms with Crippen LogP contribution in [0.3, 0.4) is 0 Å². The van der Waals surface area contributed by atoms with E-state index in [1.165, 1.54) is 16.7 Å². The van der Waals surface area contributed by atoms with E-state index in [9.17, 15) is 9.59 Å². The molecule has 1 aromatic heterocycles. The molecule has 2 rings (SSSR count). The van der Waals surface area contributed by atoms with Crippen LogP contribution in [-0.2, 0) is 4.79 Å². The van der Waals surface area contributed by atoms with Gasteiger partial charge in [-0.1, -0.05) is 12.8 Å². The molecule has 1 amide bonds. The minimum Gasteiger partial charge on any atom is -0.476 e. The first-order chi connectivity index (χ1) is 10.0. The Morgan fingerprint density at radius 1 is 1.52 bits per heavy atom. The van der Waals surface area contributed by atoms with Crippen molar-refractivity contribution < 1.29 is 14.7 Å². The molecule has 1 aliphatic carbocycles. The summed E-state index contributed by atoms with van der Waals surface area (Å²) in [6.07, 6.45) is 4.07. The summed E-state index contributed by atoms with van der Waals surface area (Å²) in [6, 6.07) is -0.282. The van der Waals surface area contributed by atoms with Crippen molar-refractivity contribution in [2.45, 2.75) is 38.6 Å². The Morgan fingerprint density at radius 3 is 2.86 bits per heavy atom. The number of nitrogens with one attached hydrogen (secondary N) is 1. The van der Waals surface area contributed by atoms with Gasteiger partial charge in [-0.3, -0.25) is 4.79 Å². The van der Waals surface area contributed by atoms with E-state index in [1.807, 2.05) is 6.92 Å². The second kappa shape index (κ2) is 7.00. The first-order valence-electron chi connectivity index (χ1n) is 7.22. The number of nitrogens with zero attached hydrogens (tertiary/aromatic N) is 1. The maximum atomic E-state index is 12.4. The van der Waals surface area contributed by atoms with Crippen molar-refractivity contribution in [2.24, 2.45) is 17.6 Å². The number of carbonyl (C=O) groups excluding carboxylic acids is 1. The monoisotopic (exact) mass is 311 g/mol. The number of carboxylic acids is 1. The third-order valence-electron chi connectivity index (χ3n) is 4.02. The Kier molecular flexibility index (Phi) is 5.30. The van der Waals surface area contributed by atoms with Gasteiger partial charge in [0.15, 0.2) is 5.69 Å². The van der Waals surface area contributed by atoms with Gasteiger partial charge in [0.25, 0.3) is 0 Å².